The number of nitrogens with zero attached hydrogens (tertiary/aromatic N) is 2. The summed E-state index contributed by atoms with van der Waals surface area (Å²) in [5.41, 5.74) is 0.740. The van der Waals surface area contributed by atoms with E-state index in [0.717, 1.165) is 28.7 Å². The highest BCUT2D eigenvalue weighted by molar-refractivity contribution is 7.11. The summed E-state index contributed by atoms with van der Waals surface area (Å²) >= 11 is 1.66. The molecule has 0 aliphatic heterocycles. The first kappa shape index (κ1) is 16.1. The molecule has 108 valence electrons. The van der Waals surface area contributed by atoms with Gasteiger partial charge in [-0.3, -0.25) is 4.79 Å². The summed E-state index contributed by atoms with van der Waals surface area (Å²) < 4.78 is 0. The average molecular weight is 284 g/mol. The molecule has 1 rings (SSSR count). The van der Waals surface area contributed by atoms with Gasteiger partial charge in [0, 0.05) is 17.3 Å². The van der Waals surface area contributed by atoms with Crippen LogP contribution in [0.3, 0.4) is 0 Å². The Hall–Kier alpha value is -0.940. The summed E-state index contributed by atoms with van der Waals surface area (Å²) in [5.74, 6) is -0.453. The second-order valence-electron chi connectivity index (χ2n) is 5.24. The number of hydrogen-bond acceptors (Lipinski definition) is 4. The number of hydrogen-bond donors (Lipinski definition) is 1. The Balaban J connectivity index is 2.81. The van der Waals surface area contributed by atoms with E-state index in [2.05, 4.69) is 37.7 Å². The van der Waals surface area contributed by atoms with Gasteiger partial charge in [-0.15, -0.1) is 11.3 Å². The Bertz CT molecular complexity index is 416. The Morgan fingerprint density at radius 1 is 1.47 bits per heavy atom. The van der Waals surface area contributed by atoms with Crippen molar-refractivity contribution in [1.82, 2.24) is 9.88 Å². The highest BCUT2D eigenvalue weighted by Crippen LogP contribution is 2.26. The van der Waals surface area contributed by atoms with Crippen LogP contribution in [0.1, 0.15) is 55.1 Å². The summed E-state index contributed by atoms with van der Waals surface area (Å²) in [7, 11) is 2.08. The lowest BCUT2D eigenvalue weighted by molar-refractivity contribution is -0.136. The molecule has 0 amide bonds. The van der Waals surface area contributed by atoms with Crippen molar-refractivity contribution in [2.75, 3.05) is 13.6 Å². The maximum absolute atomic E-state index is 10.9. The van der Waals surface area contributed by atoms with Gasteiger partial charge in [-0.05, 0) is 20.0 Å². The SMILES string of the molecule is CCCCN(C)Cc1sc(C(C)C)nc1CC(=O)O. The van der Waals surface area contributed by atoms with Crippen molar-refractivity contribution in [3.63, 3.8) is 0 Å². The van der Waals surface area contributed by atoms with Gasteiger partial charge in [-0.1, -0.05) is 27.2 Å². The number of unbranched alkanes of at least 4 members (excludes halogenated alkanes) is 1. The molecule has 0 aromatic carbocycles. The number of aromatic nitrogens is 1. The average Bonchev–Trinajstić information content (AvgIpc) is 2.69. The molecule has 0 spiro atoms. The first-order chi connectivity index (χ1) is 8.93. The molecule has 0 atom stereocenters. The van der Waals surface area contributed by atoms with E-state index in [0.29, 0.717) is 5.92 Å². The predicted octanol–water partition coefficient (Wildman–Crippen LogP) is 3.13. The summed E-state index contributed by atoms with van der Waals surface area (Å²) in [4.78, 5) is 18.7. The van der Waals surface area contributed by atoms with E-state index >= 15 is 0 Å². The van der Waals surface area contributed by atoms with Crippen molar-refractivity contribution in [2.24, 2.45) is 0 Å². The van der Waals surface area contributed by atoms with Crippen molar-refractivity contribution in [2.45, 2.75) is 52.5 Å². The van der Waals surface area contributed by atoms with Crippen LogP contribution >= 0.6 is 11.3 Å². The molecule has 19 heavy (non-hydrogen) atoms. The molecule has 4 nitrogen and oxygen atoms in total. The molecule has 1 N–H and O–H groups in total. The van der Waals surface area contributed by atoms with E-state index in [1.807, 2.05) is 0 Å². The van der Waals surface area contributed by atoms with Crippen LogP contribution in [0.25, 0.3) is 0 Å². The molecular weight excluding hydrogens is 260 g/mol. The Labute approximate surface area is 119 Å². The van der Waals surface area contributed by atoms with Gasteiger partial charge in [0.2, 0.25) is 0 Å². The zero-order valence-corrected chi connectivity index (χ0v) is 13.1. The molecule has 0 saturated carbocycles. The standard InChI is InChI=1S/C14H24N2O2S/c1-5-6-7-16(4)9-12-11(8-13(17)18)15-14(19-12)10(2)3/h10H,5-9H2,1-4H3,(H,17,18). The van der Waals surface area contributed by atoms with Crippen molar-refractivity contribution >= 4 is 17.3 Å². The first-order valence-corrected chi connectivity index (χ1v) is 7.64. The van der Waals surface area contributed by atoms with Crippen LogP contribution in [-0.2, 0) is 17.8 Å². The number of carboxylic acids is 1. The van der Waals surface area contributed by atoms with Crippen molar-refractivity contribution in [3.8, 4) is 0 Å². The van der Waals surface area contributed by atoms with Gasteiger partial charge in [0.15, 0.2) is 0 Å². The topological polar surface area (TPSA) is 53.4 Å². The molecule has 0 unspecified atom stereocenters. The lowest BCUT2D eigenvalue weighted by atomic mass is 10.2. The number of carboxylic acid groups (broad SMARTS) is 1. The van der Waals surface area contributed by atoms with E-state index in [1.165, 1.54) is 12.8 Å². The van der Waals surface area contributed by atoms with E-state index < -0.39 is 5.97 Å². The largest absolute Gasteiger partial charge is 0.481 e. The number of aliphatic carboxylic acids is 1. The zero-order chi connectivity index (χ0) is 14.4. The summed E-state index contributed by atoms with van der Waals surface area (Å²) in [6, 6.07) is 0. The molecule has 0 saturated heterocycles. The van der Waals surface area contributed by atoms with Crippen molar-refractivity contribution in [1.29, 1.82) is 0 Å². The van der Waals surface area contributed by atoms with Crippen LogP contribution in [-0.4, -0.2) is 34.6 Å². The molecule has 0 bridgehead atoms. The molecule has 0 radical (unpaired) electrons. The Morgan fingerprint density at radius 2 is 2.16 bits per heavy atom. The van der Waals surface area contributed by atoms with E-state index in [9.17, 15) is 4.79 Å². The summed E-state index contributed by atoms with van der Waals surface area (Å²) in [5, 5.41) is 10.0. The number of thiazole rings is 1. The highest BCUT2D eigenvalue weighted by Gasteiger charge is 2.16. The van der Waals surface area contributed by atoms with E-state index in [4.69, 9.17) is 5.11 Å². The Morgan fingerprint density at radius 3 is 2.68 bits per heavy atom. The van der Waals surface area contributed by atoms with Gasteiger partial charge >= 0.3 is 5.97 Å². The van der Waals surface area contributed by atoms with Gasteiger partial charge < -0.3 is 10.0 Å². The lowest BCUT2D eigenvalue weighted by Crippen LogP contribution is -2.19. The number of carbonyl (C=O) groups is 1. The monoisotopic (exact) mass is 284 g/mol. The highest BCUT2D eigenvalue weighted by atomic mass is 32.1. The Kier molecular flexibility index (Phi) is 6.45. The fourth-order valence-electron chi connectivity index (χ4n) is 1.81. The van der Waals surface area contributed by atoms with E-state index in [-0.39, 0.29) is 6.42 Å². The quantitative estimate of drug-likeness (QED) is 0.797. The predicted molar refractivity (Wildman–Crippen MR) is 78.8 cm³/mol. The third kappa shape index (κ3) is 5.28. The minimum Gasteiger partial charge on any atom is -0.481 e. The van der Waals surface area contributed by atoms with Gasteiger partial charge in [-0.25, -0.2) is 4.98 Å². The minimum absolute atomic E-state index is 0.0279. The smallest absolute Gasteiger partial charge is 0.309 e. The van der Waals surface area contributed by atoms with Crippen molar-refractivity contribution in [3.05, 3.63) is 15.6 Å². The first-order valence-electron chi connectivity index (χ1n) is 6.82. The lowest BCUT2D eigenvalue weighted by Gasteiger charge is -2.15. The van der Waals surface area contributed by atoms with Crippen molar-refractivity contribution < 1.29 is 9.90 Å². The third-order valence-electron chi connectivity index (χ3n) is 2.91. The van der Waals surface area contributed by atoms with Crippen LogP contribution < -0.4 is 0 Å². The minimum atomic E-state index is -0.807. The van der Waals surface area contributed by atoms with Crippen LogP contribution in [0, 0.1) is 0 Å². The molecular formula is C14H24N2O2S. The van der Waals surface area contributed by atoms with Crippen LogP contribution in [0.15, 0.2) is 0 Å². The summed E-state index contributed by atoms with van der Waals surface area (Å²) in [6.45, 7) is 8.19. The van der Waals surface area contributed by atoms with Gasteiger partial charge in [0.05, 0.1) is 17.1 Å². The fraction of sp³-hybridized carbons (Fsp3) is 0.714. The molecule has 1 aromatic heterocycles. The fourth-order valence-corrected chi connectivity index (χ4v) is 2.97. The molecule has 5 heteroatoms. The van der Waals surface area contributed by atoms with Crippen LogP contribution in [0.4, 0.5) is 0 Å². The molecule has 1 aromatic rings. The normalized spacial score (nSPS) is 11.5. The second-order valence-corrected chi connectivity index (χ2v) is 6.35. The molecule has 0 aliphatic carbocycles. The van der Waals surface area contributed by atoms with Gasteiger partial charge in [0.1, 0.15) is 0 Å². The zero-order valence-electron chi connectivity index (χ0n) is 12.3. The molecule has 0 fully saturated rings. The second kappa shape index (κ2) is 7.60. The molecule has 0 aliphatic rings. The van der Waals surface area contributed by atoms with Crippen LogP contribution in [0.5, 0.6) is 0 Å². The van der Waals surface area contributed by atoms with Gasteiger partial charge in [0.25, 0.3) is 0 Å². The van der Waals surface area contributed by atoms with Gasteiger partial charge in [-0.2, -0.15) is 0 Å². The summed E-state index contributed by atoms with van der Waals surface area (Å²) in [6.07, 6.45) is 2.37. The maximum Gasteiger partial charge on any atom is 0.309 e. The third-order valence-corrected chi connectivity index (χ3v) is 4.30. The van der Waals surface area contributed by atoms with Crippen LogP contribution in [0.2, 0.25) is 0 Å². The van der Waals surface area contributed by atoms with E-state index in [1.54, 1.807) is 11.3 Å². The number of rotatable bonds is 8. The molecule has 1 heterocycles. The maximum atomic E-state index is 10.9.